The van der Waals surface area contributed by atoms with Gasteiger partial charge in [0.15, 0.2) is 0 Å². The number of ether oxygens (including phenoxy) is 1. The topological polar surface area (TPSA) is 74.2 Å². The Hall–Kier alpha value is -2.57. The zero-order valence-corrected chi connectivity index (χ0v) is 15.8. The van der Waals surface area contributed by atoms with E-state index in [1.165, 1.54) is 0 Å². The third-order valence-electron chi connectivity index (χ3n) is 4.44. The van der Waals surface area contributed by atoms with Crippen LogP contribution in [0, 0.1) is 0 Å². The van der Waals surface area contributed by atoms with Gasteiger partial charge in [0, 0.05) is 56.0 Å². The van der Waals surface area contributed by atoms with Crippen molar-refractivity contribution >= 4 is 23.4 Å². The number of carbonyl (C=O) groups excluding carboxylic acids is 2. The number of benzene rings is 1. The van der Waals surface area contributed by atoms with Gasteiger partial charge < -0.3 is 14.5 Å². The van der Waals surface area contributed by atoms with Crippen LogP contribution in [0.3, 0.4) is 0 Å². The number of hydrazone groups is 1. The van der Waals surface area contributed by atoms with E-state index < -0.39 is 0 Å². The minimum absolute atomic E-state index is 0.226. The smallest absolute Gasteiger partial charge is 0.409 e. The van der Waals surface area contributed by atoms with E-state index in [4.69, 9.17) is 4.74 Å². The molecule has 7 nitrogen and oxygen atoms in total. The summed E-state index contributed by atoms with van der Waals surface area (Å²) in [5, 5.41) is 4.22. The van der Waals surface area contributed by atoms with E-state index in [-0.39, 0.29) is 12.0 Å². The first-order valence-electron chi connectivity index (χ1n) is 9.21. The second-order valence-electron chi connectivity index (χ2n) is 6.02. The fourth-order valence-electron chi connectivity index (χ4n) is 2.88. The maximum atomic E-state index is 12.2. The van der Waals surface area contributed by atoms with E-state index in [9.17, 15) is 9.59 Å². The maximum absolute atomic E-state index is 12.2. The predicted molar refractivity (Wildman–Crippen MR) is 103 cm³/mol. The Morgan fingerprint density at radius 1 is 1.12 bits per heavy atom. The molecule has 1 aliphatic rings. The zero-order chi connectivity index (χ0) is 18.9. The van der Waals surface area contributed by atoms with Gasteiger partial charge in [-0.1, -0.05) is 0 Å². The van der Waals surface area contributed by atoms with Crippen LogP contribution in [0.25, 0.3) is 0 Å². The van der Waals surface area contributed by atoms with Gasteiger partial charge in [0.1, 0.15) is 0 Å². The maximum Gasteiger partial charge on any atom is 0.409 e. The first-order chi connectivity index (χ1) is 12.6. The molecule has 0 radical (unpaired) electrons. The van der Waals surface area contributed by atoms with Crippen molar-refractivity contribution in [2.45, 2.75) is 33.6 Å². The molecule has 1 saturated heterocycles. The number of likely N-dealkylation sites (tertiary alicyclic amines) is 1. The summed E-state index contributed by atoms with van der Waals surface area (Å²) in [5.41, 5.74) is 5.18. The average Bonchev–Trinajstić information content (AvgIpc) is 2.68. The van der Waals surface area contributed by atoms with Crippen LogP contribution in [0.4, 0.5) is 10.5 Å². The molecule has 26 heavy (non-hydrogen) atoms. The van der Waals surface area contributed by atoms with Gasteiger partial charge in [0.05, 0.1) is 6.61 Å². The number of nitrogens with zero attached hydrogens (tertiary/aromatic N) is 3. The molecule has 1 fully saturated rings. The summed E-state index contributed by atoms with van der Waals surface area (Å²) >= 11 is 0. The zero-order valence-electron chi connectivity index (χ0n) is 15.8. The molecule has 1 aromatic rings. The highest BCUT2D eigenvalue weighted by Crippen LogP contribution is 2.15. The number of anilines is 1. The van der Waals surface area contributed by atoms with Crippen molar-refractivity contribution in [1.29, 1.82) is 0 Å². The van der Waals surface area contributed by atoms with Crippen molar-refractivity contribution in [2.24, 2.45) is 5.10 Å². The molecular weight excluding hydrogens is 332 g/mol. The number of nitrogens with one attached hydrogen (secondary N) is 1. The van der Waals surface area contributed by atoms with Gasteiger partial charge in [-0.25, -0.2) is 10.2 Å². The van der Waals surface area contributed by atoms with Crippen LogP contribution >= 0.6 is 0 Å². The molecule has 0 unspecified atom stereocenters. The molecule has 1 N–H and O–H groups in total. The molecule has 1 aliphatic heterocycles. The molecule has 2 amide bonds. The lowest BCUT2D eigenvalue weighted by Gasteiger charge is -2.26. The third kappa shape index (κ3) is 5.21. The lowest BCUT2D eigenvalue weighted by molar-refractivity contribution is 0.0951. The predicted octanol–water partition coefficient (Wildman–Crippen LogP) is 2.87. The van der Waals surface area contributed by atoms with Crippen LogP contribution < -0.4 is 10.3 Å². The van der Waals surface area contributed by atoms with Crippen molar-refractivity contribution in [3.05, 3.63) is 29.8 Å². The number of piperidine rings is 1. The molecule has 1 aromatic carbocycles. The van der Waals surface area contributed by atoms with Crippen LogP contribution in [0.5, 0.6) is 0 Å². The highest BCUT2D eigenvalue weighted by atomic mass is 16.6. The second kappa shape index (κ2) is 9.79. The van der Waals surface area contributed by atoms with Crippen LogP contribution in [0.2, 0.25) is 0 Å². The Balaban J connectivity index is 1.87. The number of rotatable bonds is 6. The Morgan fingerprint density at radius 2 is 1.73 bits per heavy atom. The molecule has 1 heterocycles. The van der Waals surface area contributed by atoms with Crippen LogP contribution in [0.1, 0.15) is 44.0 Å². The molecule has 2 rings (SSSR count). The number of hydrogen-bond acceptors (Lipinski definition) is 5. The summed E-state index contributed by atoms with van der Waals surface area (Å²) in [6.07, 6.45) is 0.990. The molecule has 0 atom stereocenters. The molecule has 0 aromatic heterocycles. The molecule has 0 bridgehead atoms. The van der Waals surface area contributed by atoms with E-state index >= 15 is 0 Å². The van der Waals surface area contributed by atoms with Crippen molar-refractivity contribution in [2.75, 3.05) is 37.7 Å². The largest absolute Gasteiger partial charge is 0.450 e. The molecular formula is C19H28N4O3. The minimum Gasteiger partial charge on any atom is -0.450 e. The fourth-order valence-corrected chi connectivity index (χ4v) is 2.88. The highest BCUT2D eigenvalue weighted by molar-refractivity contribution is 5.96. The van der Waals surface area contributed by atoms with Gasteiger partial charge in [-0.3, -0.25) is 4.79 Å². The normalized spacial score (nSPS) is 14.0. The Bertz CT molecular complexity index is 629. The van der Waals surface area contributed by atoms with Crippen molar-refractivity contribution in [3.63, 3.8) is 0 Å². The Morgan fingerprint density at radius 3 is 2.27 bits per heavy atom. The SMILES string of the molecule is CCOC(=O)N1CCC(=NNC(=O)c2ccc(N(CC)CC)cc2)CC1. The third-order valence-corrected chi connectivity index (χ3v) is 4.44. The van der Waals surface area contributed by atoms with Gasteiger partial charge in [0.2, 0.25) is 0 Å². The van der Waals surface area contributed by atoms with E-state index in [1.54, 1.807) is 11.8 Å². The standard InChI is InChI=1S/C19H28N4O3/c1-4-22(5-2)17-9-7-15(8-10-17)18(24)21-20-16-11-13-23(14-12-16)19(25)26-6-3/h7-10H,4-6,11-14H2,1-3H3,(H,21,24). The van der Waals surface area contributed by atoms with E-state index in [0.717, 1.165) is 24.5 Å². The first kappa shape index (κ1) is 19.8. The Labute approximate surface area is 155 Å². The monoisotopic (exact) mass is 360 g/mol. The number of hydrogen-bond donors (Lipinski definition) is 1. The van der Waals surface area contributed by atoms with Crippen molar-refractivity contribution in [3.8, 4) is 0 Å². The van der Waals surface area contributed by atoms with Crippen molar-refractivity contribution in [1.82, 2.24) is 10.3 Å². The second-order valence-corrected chi connectivity index (χ2v) is 6.02. The van der Waals surface area contributed by atoms with Gasteiger partial charge in [-0.15, -0.1) is 0 Å². The minimum atomic E-state index is -0.288. The molecule has 0 spiro atoms. The van der Waals surface area contributed by atoms with Crippen LogP contribution in [0.15, 0.2) is 29.4 Å². The summed E-state index contributed by atoms with van der Waals surface area (Å²) in [6, 6.07) is 7.53. The van der Waals surface area contributed by atoms with Crippen molar-refractivity contribution < 1.29 is 14.3 Å². The first-order valence-corrected chi connectivity index (χ1v) is 9.21. The molecule has 7 heteroatoms. The van der Waals surface area contributed by atoms with E-state index in [0.29, 0.717) is 38.1 Å². The molecule has 0 saturated carbocycles. The lowest BCUT2D eigenvalue weighted by atomic mass is 10.1. The van der Waals surface area contributed by atoms with E-state index in [2.05, 4.69) is 29.3 Å². The number of carbonyl (C=O) groups is 2. The highest BCUT2D eigenvalue weighted by Gasteiger charge is 2.20. The summed E-state index contributed by atoms with van der Waals surface area (Å²) in [4.78, 5) is 27.8. The molecule has 0 aliphatic carbocycles. The molecule has 142 valence electrons. The average molecular weight is 360 g/mol. The lowest BCUT2D eigenvalue weighted by Crippen LogP contribution is -2.39. The van der Waals surface area contributed by atoms with Gasteiger partial charge in [0.25, 0.3) is 5.91 Å². The quantitative estimate of drug-likeness (QED) is 0.792. The van der Waals surface area contributed by atoms with Gasteiger partial charge >= 0.3 is 6.09 Å². The summed E-state index contributed by atoms with van der Waals surface area (Å²) in [7, 11) is 0. The van der Waals surface area contributed by atoms with Crippen LogP contribution in [-0.2, 0) is 4.74 Å². The summed E-state index contributed by atoms with van der Waals surface area (Å²) in [5.74, 6) is -0.226. The number of amides is 2. The summed E-state index contributed by atoms with van der Waals surface area (Å²) in [6.45, 7) is 9.36. The van der Waals surface area contributed by atoms with Gasteiger partial charge in [-0.05, 0) is 45.0 Å². The van der Waals surface area contributed by atoms with Crippen LogP contribution in [-0.4, -0.2) is 55.4 Å². The van der Waals surface area contributed by atoms with E-state index in [1.807, 2.05) is 24.3 Å². The Kier molecular flexibility index (Phi) is 7.44. The van der Waals surface area contributed by atoms with Gasteiger partial charge in [-0.2, -0.15) is 5.10 Å². The fraction of sp³-hybridized carbons (Fsp3) is 0.526. The summed E-state index contributed by atoms with van der Waals surface area (Å²) < 4.78 is 4.99.